The Morgan fingerprint density at radius 1 is 1.06 bits per heavy atom. The van der Waals surface area contributed by atoms with Crippen molar-refractivity contribution < 1.29 is 13.2 Å². The highest BCUT2D eigenvalue weighted by Crippen LogP contribution is 2.34. The van der Waals surface area contributed by atoms with Crippen molar-refractivity contribution in [3.63, 3.8) is 0 Å². The van der Waals surface area contributed by atoms with Crippen LogP contribution >= 0.6 is 0 Å². The van der Waals surface area contributed by atoms with Crippen LogP contribution in [0.2, 0.25) is 0 Å². The molecule has 0 N–H and O–H groups in total. The monoisotopic (exact) mass is 429 g/mol. The summed E-state index contributed by atoms with van der Waals surface area (Å²) in [6, 6.07) is 4.07. The molecule has 162 valence electrons. The molecule has 10 heteroatoms. The van der Waals surface area contributed by atoms with Gasteiger partial charge in [0, 0.05) is 55.6 Å². The molecule has 0 radical (unpaired) electrons. The standard InChI is InChI=1S/C21H22F3N7/c1-13-14(2)27-20(21(22,23)24)28-19(13)29-9-5-17-15(12-29)10-16(11-25-17)30-7-3-8-31-18(30)4-6-26-31/h4,6,10-11H,3,5,7-9,12H2,1-2H3. The number of nitrogens with zero attached hydrogens (tertiary/aromatic N) is 7. The van der Waals surface area contributed by atoms with Crippen LogP contribution in [0.3, 0.4) is 0 Å². The summed E-state index contributed by atoms with van der Waals surface area (Å²) in [6.07, 6.45) is 0.723. The first kappa shape index (κ1) is 19.8. The first-order valence-corrected chi connectivity index (χ1v) is 10.3. The molecule has 0 aromatic carbocycles. The van der Waals surface area contributed by atoms with E-state index in [2.05, 4.69) is 31.0 Å². The number of hydrogen-bond acceptors (Lipinski definition) is 6. The largest absolute Gasteiger partial charge is 0.451 e. The Labute approximate surface area is 177 Å². The van der Waals surface area contributed by atoms with Crippen LogP contribution in [-0.2, 0) is 25.7 Å². The Balaban J connectivity index is 1.48. The van der Waals surface area contributed by atoms with Crippen LogP contribution in [0.1, 0.15) is 34.8 Å². The molecule has 0 atom stereocenters. The summed E-state index contributed by atoms with van der Waals surface area (Å²) >= 11 is 0. The Hall–Kier alpha value is -3.17. The van der Waals surface area contributed by atoms with Crippen LogP contribution in [0, 0.1) is 13.8 Å². The van der Waals surface area contributed by atoms with Crippen molar-refractivity contribution in [3.05, 3.63) is 52.9 Å². The Bertz CT molecular complexity index is 1140. The minimum absolute atomic E-state index is 0.340. The summed E-state index contributed by atoms with van der Waals surface area (Å²) in [7, 11) is 0. The third-order valence-electron chi connectivity index (χ3n) is 5.98. The molecule has 0 saturated heterocycles. The van der Waals surface area contributed by atoms with E-state index >= 15 is 0 Å². The van der Waals surface area contributed by atoms with Crippen molar-refractivity contribution in [2.24, 2.45) is 0 Å². The molecule has 0 bridgehead atoms. The summed E-state index contributed by atoms with van der Waals surface area (Å²) in [6.45, 7) is 6.13. The predicted molar refractivity (Wildman–Crippen MR) is 109 cm³/mol. The van der Waals surface area contributed by atoms with Crippen molar-refractivity contribution in [3.8, 4) is 0 Å². The summed E-state index contributed by atoms with van der Waals surface area (Å²) < 4.78 is 41.8. The van der Waals surface area contributed by atoms with E-state index in [9.17, 15) is 13.2 Å². The average Bonchev–Trinajstić information content (AvgIpc) is 3.23. The molecule has 3 aromatic rings. The molecule has 0 saturated carbocycles. The lowest BCUT2D eigenvalue weighted by Crippen LogP contribution is -2.34. The SMILES string of the molecule is Cc1nc(C(F)(F)F)nc(N2CCc3ncc(N4CCCn5nccc54)cc3C2)c1C. The first-order valence-electron chi connectivity index (χ1n) is 10.3. The molecule has 0 unspecified atom stereocenters. The summed E-state index contributed by atoms with van der Waals surface area (Å²) in [5.41, 5.74) is 3.96. The zero-order chi connectivity index (χ0) is 21.8. The molecule has 7 nitrogen and oxygen atoms in total. The van der Waals surface area contributed by atoms with Crippen molar-refractivity contribution in [1.82, 2.24) is 24.7 Å². The molecule has 0 aliphatic carbocycles. The zero-order valence-corrected chi connectivity index (χ0v) is 17.3. The number of pyridine rings is 1. The van der Waals surface area contributed by atoms with Gasteiger partial charge in [0.2, 0.25) is 5.82 Å². The molecular weight excluding hydrogens is 407 g/mol. The van der Waals surface area contributed by atoms with Crippen LogP contribution in [0.15, 0.2) is 24.5 Å². The van der Waals surface area contributed by atoms with Crippen LogP contribution in [0.4, 0.5) is 30.5 Å². The minimum Gasteiger partial charge on any atom is -0.351 e. The second-order valence-electron chi connectivity index (χ2n) is 7.97. The number of rotatable bonds is 2. The molecule has 2 aliphatic heterocycles. The van der Waals surface area contributed by atoms with Gasteiger partial charge in [-0.3, -0.25) is 4.98 Å². The van der Waals surface area contributed by atoms with Gasteiger partial charge in [-0.1, -0.05) is 0 Å². The van der Waals surface area contributed by atoms with Gasteiger partial charge in [0.15, 0.2) is 0 Å². The van der Waals surface area contributed by atoms with Gasteiger partial charge in [-0.25, -0.2) is 14.6 Å². The van der Waals surface area contributed by atoms with E-state index in [4.69, 9.17) is 0 Å². The van der Waals surface area contributed by atoms with E-state index in [1.807, 2.05) is 21.8 Å². The third kappa shape index (κ3) is 3.49. The lowest BCUT2D eigenvalue weighted by Gasteiger charge is -2.33. The van der Waals surface area contributed by atoms with E-state index in [1.165, 1.54) is 0 Å². The minimum atomic E-state index is -4.58. The number of aryl methyl sites for hydroxylation is 2. The first-order chi connectivity index (χ1) is 14.8. The number of fused-ring (bicyclic) bond motifs is 2. The van der Waals surface area contributed by atoms with E-state index in [-0.39, 0.29) is 0 Å². The van der Waals surface area contributed by atoms with Crippen molar-refractivity contribution in [2.45, 2.75) is 46.0 Å². The maximum Gasteiger partial charge on any atom is 0.451 e. The number of alkyl halides is 3. The fraction of sp³-hybridized carbons (Fsp3) is 0.429. The molecule has 5 heterocycles. The Kier molecular flexibility index (Phi) is 4.60. The highest BCUT2D eigenvalue weighted by Gasteiger charge is 2.36. The van der Waals surface area contributed by atoms with Gasteiger partial charge in [0.1, 0.15) is 11.6 Å². The third-order valence-corrected chi connectivity index (χ3v) is 5.98. The molecule has 0 fully saturated rings. The van der Waals surface area contributed by atoms with Crippen LogP contribution in [0.25, 0.3) is 0 Å². The molecule has 0 spiro atoms. The fourth-order valence-corrected chi connectivity index (χ4v) is 4.27. The van der Waals surface area contributed by atoms with Crippen molar-refractivity contribution in [1.29, 1.82) is 0 Å². The summed E-state index contributed by atoms with van der Waals surface area (Å²) in [5.74, 6) is 0.273. The van der Waals surface area contributed by atoms with Gasteiger partial charge >= 0.3 is 6.18 Å². The number of halogens is 3. The Morgan fingerprint density at radius 3 is 2.71 bits per heavy atom. The van der Waals surface area contributed by atoms with E-state index < -0.39 is 12.0 Å². The molecule has 3 aromatic heterocycles. The van der Waals surface area contributed by atoms with E-state index in [1.54, 1.807) is 20.0 Å². The maximum atomic E-state index is 13.3. The second kappa shape index (κ2) is 7.21. The van der Waals surface area contributed by atoms with Crippen molar-refractivity contribution >= 4 is 17.3 Å². The molecule has 0 amide bonds. The van der Waals surface area contributed by atoms with Gasteiger partial charge in [-0.15, -0.1) is 0 Å². The predicted octanol–water partition coefficient (Wildman–Crippen LogP) is 3.81. The summed E-state index contributed by atoms with van der Waals surface area (Å²) in [5, 5.41) is 4.36. The van der Waals surface area contributed by atoms with Gasteiger partial charge in [-0.2, -0.15) is 18.3 Å². The van der Waals surface area contributed by atoms with Crippen LogP contribution in [0.5, 0.6) is 0 Å². The quantitative estimate of drug-likeness (QED) is 0.618. The van der Waals surface area contributed by atoms with Crippen LogP contribution in [-0.4, -0.2) is 37.8 Å². The average molecular weight is 429 g/mol. The molecule has 2 aliphatic rings. The van der Waals surface area contributed by atoms with Gasteiger partial charge in [0.05, 0.1) is 18.1 Å². The second-order valence-corrected chi connectivity index (χ2v) is 7.97. The number of aromatic nitrogens is 5. The smallest absolute Gasteiger partial charge is 0.351 e. The molecule has 5 rings (SSSR count). The van der Waals surface area contributed by atoms with Crippen molar-refractivity contribution in [2.75, 3.05) is 22.9 Å². The highest BCUT2D eigenvalue weighted by atomic mass is 19.4. The topological polar surface area (TPSA) is 63.0 Å². The van der Waals surface area contributed by atoms with E-state index in [0.29, 0.717) is 36.6 Å². The number of hydrogen-bond donors (Lipinski definition) is 0. The highest BCUT2D eigenvalue weighted by molar-refractivity contribution is 5.62. The zero-order valence-electron chi connectivity index (χ0n) is 17.3. The molecule has 31 heavy (non-hydrogen) atoms. The summed E-state index contributed by atoms with van der Waals surface area (Å²) in [4.78, 5) is 16.3. The van der Waals surface area contributed by atoms with Gasteiger partial charge < -0.3 is 9.80 Å². The van der Waals surface area contributed by atoms with E-state index in [0.717, 1.165) is 42.3 Å². The van der Waals surface area contributed by atoms with Gasteiger partial charge in [-0.05, 0) is 31.9 Å². The van der Waals surface area contributed by atoms with Crippen LogP contribution < -0.4 is 9.80 Å². The molecular formula is C21H22F3N7. The maximum absolute atomic E-state index is 13.3. The van der Waals surface area contributed by atoms with Gasteiger partial charge in [0.25, 0.3) is 0 Å². The normalized spacial score (nSPS) is 16.3. The fourth-order valence-electron chi connectivity index (χ4n) is 4.27. The lowest BCUT2D eigenvalue weighted by atomic mass is 10.0. The number of anilines is 3. The lowest BCUT2D eigenvalue weighted by molar-refractivity contribution is -0.145. The Morgan fingerprint density at radius 2 is 1.90 bits per heavy atom.